The molecule has 2 bridgehead atoms. The van der Waals surface area contributed by atoms with Gasteiger partial charge in [-0.2, -0.15) is 0 Å². The first-order valence-corrected chi connectivity index (χ1v) is 24.8. The number of tetrazole rings is 1. The number of aliphatic hydroxyl groups is 2. The summed E-state index contributed by atoms with van der Waals surface area (Å²) in [5.74, 6) is -8.78. The number of ether oxygens (including phenoxy) is 5. The summed E-state index contributed by atoms with van der Waals surface area (Å²) in [6, 6.07) is -1.29. The van der Waals surface area contributed by atoms with Crippen LogP contribution in [0, 0.1) is 35.5 Å². The maximum Gasteiger partial charge on any atom is 0.329 e. The predicted octanol–water partition coefficient (Wildman–Crippen LogP) is 6.05. The third kappa shape index (κ3) is 14.2. The number of piperidine rings is 1. The molecule has 2 saturated heterocycles. The van der Waals surface area contributed by atoms with Gasteiger partial charge in [0.1, 0.15) is 36.5 Å². The first-order chi connectivity index (χ1) is 34.0. The fraction of sp³-hybridized carbons (Fsp3) is 0.731. The largest absolute Gasteiger partial charge is 0.460 e. The summed E-state index contributed by atoms with van der Waals surface area (Å²) in [5.41, 5.74) is 0.886. The lowest BCUT2D eigenvalue weighted by Crippen LogP contribution is -2.61. The quantitative estimate of drug-likeness (QED) is 0.181. The summed E-state index contributed by atoms with van der Waals surface area (Å²) >= 11 is 0. The van der Waals surface area contributed by atoms with E-state index in [2.05, 4.69) is 15.5 Å². The third-order valence-electron chi connectivity index (χ3n) is 15.0. The molecule has 0 aromatic carbocycles. The van der Waals surface area contributed by atoms with Crippen LogP contribution in [-0.2, 0) is 47.7 Å². The Hall–Kier alpha value is -4.26. The first-order valence-electron chi connectivity index (χ1n) is 26.3. The third-order valence-corrected chi connectivity index (χ3v) is 15.0. The zero-order valence-corrected chi connectivity index (χ0v) is 42.0. The highest BCUT2D eigenvalue weighted by atomic mass is 16.6. The topological polar surface area (TPSA) is 219 Å². The number of aliphatic hydroxyl groups excluding tert-OH is 1. The molecule has 4 aliphatic rings. The number of nitrogens with zero attached hydrogens (tertiary/aromatic N) is 5. The number of rotatable bonds is 7. The molecule has 15 atom stereocenters. The van der Waals surface area contributed by atoms with Crippen molar-refractivity contribution in [2.45, 2.75) is 180 Å². The number of aromatic nitrogens is 4. The second-order valence-electron chi connectivity index (χ2n) is 20.3. The molecule has 384 valence electrons. The summed E-state index contributed by atoms with van der Waals surface area (Å²) in [6.07, 6.45) is 11.1. The van der Waals surface area contributed by atoms with E-state index in [1.165, 1.54) is 7.11 Å². The van der Waals surface area contributed by atoms with Gasteiger partial charge >= 0.3 is 5.97 Å². The molecular weight excluding hydrogens is 887 g/mol. The monoisotopic (exact) mass is 969 g/mol. The summed E-state index contributed by atoms with van der Waals surface area (Å²) in [6.45, 7) is 12.3. The van der Waals surface area contributed by atoms with Crippen molar-refractivity contribution in [3.8, 4) is 0 Å². The Morgan fingerprint density at radius 2 is 1.70 bits per heavy atom. The summed E-state index contributed by atoms with van der Waals surface area (Å²) in [5, 5.41) is 35.2. The minimum atomic E-state index is -2.80. The maximum absolute atomic E-state index is 14.5. The van der Waals surface area contributed by atoms with Gasteiger partial charge in [-0.15, -0.1) is 5.10 Å². The lowest BCUT2D eigenvalue weighted by atomic mass is 9.77. The second kappa shape index (κ2) is 25.7. The number of hydrogen-bond acceptors (Lipinski definition) is 15. The van der Waals surface area contributed by atoms with Crippen molar-refractivity contribution in [2.24, 2.45) is 35.5 Å². The molecule has 4 heterocycles. The number of carbonyl (C=O) groups is 5. The highest BCUT2D eigenvalue weighted by Gasteiger charge is 2.53. The molecule has 0 spiro atoms. The number of methoxy groups -OCH3 is 3. The molecule has 1 amide bonds. The van der Waals surface area contributed by atoms with Crippen LogP contribution in [0.25, 0.3) is 0 Å². The molecule has 17 heteroatoms. The Bertz CT molecular complexity index is 2130. The van der Waals surface area contributed by atoms with E-state index in [1.54, 1.807) is 77.0 Å². The molecule has 17 nitrogen and oxygen atoms in total. The molecule has 1 aliphatic carbocycles. The van der Waals surface area contributed by atoms with Gasteiger partial charge in [-0.3, -0.25) is 19.2 Å². The minimum absolute atomic E-state index is 0.0214. The highest BCUT2D eigenvalue weighted by Crippen LogP contribution is 2.39. The Kier molecular flexibility index (Phi) is 19.1. The number of Topliss-reactive ketones (excluding diaryl/α,β-unsaturated/α-hetero) is 3. The molecule has 1 aromatic heterocycles. The van der Waals surface area contributed by atoms with Crippen molar-refractivity contribution in [3.05, 3.63) is 53.9 Å². The van der Waals surface area contributed by atoms with Gasteiger partial charge in [-0.25, -0.2) is 9.48 Å². The van der Waals surface area contributed by atoms with Gasteiger partial charge in [0.2, 0.25) is 5.79 Å². The summed E-state index contributed by atoms with van der Waals surface area (Å²) < 4.78 is 54.8. The number of cyclic esters (lactones) is 1. The van der Waals surface area contributed by atoms with Gasteiger partial charge < -0.3 is 38.8 Å². The van der Waals surface area contributed by atoms with Gasteiger partial charge in [0.05, 0.1) is 28.5 Å². The van der Waals surface area contributed by atoms with Gasteiger partial charge in [0.15, 0.2) is 5.78 Å². The van der Waals surface area contributed by atoms with Crippen LogP contribution in [0.3, 0.4) is 0 Å². The summed E-state index contributed by atoms with van der Waals surface area (Å²) in [4.78, 5) is 72.5. The van der Waals surface area contributed by atoms with Crippen LogP contribution in [0.2, 0.25) is 0 Å². The van der Waals surface area contributed by atoms with Crippen molar-refractivity contribution in [1.82, 2.24) is 25.1 Å². The van der Waals surface area contributed by atoms with E-state index >= 15 is 0 Å². The molecule has 2 N–H and O–H groups in total. The molecule has 69 heavy (non-hydrogen) atoms. The van der Waals surface area contributed by atoms with Crippen molar-refractivity contribution in [2.75, 3.05) is 27.8 Å². The average Bonchev–Trinajstić information content (AvgIpc) is 3.88. The normalized spacial score (nSPS) is 39.6. The number of fused-ring (bicyclic) bond motifs is 3. The van der Waals surface area contributed by atoms with Crippen molar-refractivity contribution < 1.29 is 62.0 Å². The number of amides is 1. The standard InChI is InChI=1S/C52H79N5O12/c1-31-16-12-11-13-17-32(2)43(65-8)28-39-21-19-37(7)52(64,69-39)49(61)50(62)56-23-15-14-18-41(56)51(63)68-44(34(4)26-38-20-22-40(45(27-38)66-9)57-30-53-54-55-57)29-42(58)33(3)25-36(6)47(60)48(67-10)46(59)35(5)24-31/h11-13,16-17,25,30-31,33-35,37-41,43-45,47-48,60,64H,14-15,18-24,26-29H2,1-10H3/b13-11+,16-12+,32-17+,36-25+/t31-,33-,34-,35-,37-,38+,39+,40-,41+,43-,44+,45-,47-,48+,52-/m1/s1/i8D3. The van der Waals surface area contributed by atoms with Crippen LogP contribution in [-0.4, -0.2) is 141 Å². The number of allylic oxidation sites excluding steroid dienone is 6. The number of esters is 1. The minimum Gasteiger partial charge on any atom is -0.460 e. The van der Waals surface area contributed by atoms with E-state index in [-0.39, 0.29) is 73.7 Å². The molecule has 1 aromatic rings. The molecule has 1 saturated carbocycles. The molecule has 3 fully saturated rings. The van der Waals surface area contributed by atoms with Crippen LogP contribution in [0.5, 0.6) is 0 Å². The van der Waals surface area contributed by atoms with Crippen LogP contribution < -0.4 is 0 Å². The number of hydrogen-bond donors (Lipinski definition) is 2. The lowest BCUT2D eigenvalue weighted by Gasteiger charge is -2.42. The van der Waals surface area contributed by atoms with E-state index in [0.29, 0.717) is 49.7 Å². The van der Waals surface area contributed by atoms with Crippen LogP contribution in [0.4, 0.5) is 0 Å². The van der Waals surface area contributed by atoms with Gasteiger partial charge in [-0.1, -0.05) is 71.1 Å². The van der Waals surface area contributed by atoms with E-state index in [4.69, 9.17) is 27.8 Å². The van der Waals surface area contributed by atoms with Crippen LogP contribution in [0.1, 0.15) is 136 Å². The zero-order valence-electron chi connectivity index (χ0n) is 45.0. The van der Waals surface area contributed by atoms with Crippen LogP contribution >= 0.6 is 0 Å². The Labute approximate surface area is 412 Å². The number of carbonyl (C=O) groups excluding carboxylic acids is 5. The van der Waals surface area contributed by atoms with E-state index in [0.717, 1.165) is 17.7 Å². The second-order valence-corrected chi connectivity index (χ2v) is 20.3. The van der Waals surface area contributed by atoms with E-state index in [1.807, 2.05) is 26.0 Å². The molecule has 0 unspecified atom stereocenters. The fourth-order valence-electron chi connectivity index (χ4n) is 10.6. The molecule has 5 rings (SSSR count). The molecule has 0 radical (unpaired) electrons. The smallest absolute Gasteiger partial charge is 0.329 e. The van der Waals surface area contributed by atoms with Gasteiger partial charge in [0.25, 0.3) is 11.7 Å². The number of ketones is 3. The molecule has 3 aliphatic heterocycles. The van der Waals surface area contributed by atoms with Gasteiger partial charge in [-0.05, 0) is 117 Å². The maximum atomic E-state index is 14.5. The van der Waals surface area contributed by atoms with Crippen LogP contribution in [0.15, 0.2) is 53.9 Å². The Morgan fingerprint density at radius 3 is 2.39 bits per heavy atom. The van der Waals surface area contributed by atoms with Crippen molar-refractivity contribution in [3.63, 3.8) is 0 Å². The lowest BCUT2D eigenvalue weighted by molar-refractivity contribution is -0.265. The average molecular weight is 969 g/mol. The predicted molar refractivity (Wildman–Crippen MR) is 256 cm³/mol. The highest BCUT2D eigenvalue weighted by molar-refractivity contribution is 6.39. The van der Waals surface area contributed by atoms with E-state index in [9.17, 15) is 34.2 Å². The Balaban J connectivity index is 1.48. The summed E-state index contributed by atoms with van der Waals surface area (Å²) in [7, 11) is 0.196. The van der Waals surface area contributed by atoms with E-state index < -0.39 is 84.8 Å². The molecular formula is C52H79N5O12. The van der Waals surface area contributed by atoms with Crippen molar-refractivity contribution in [1.29, 1.82) is 0 Å². The SMILES string of the molecule is [2H]C([2H])([2H])O[C@@H]1C[C@@H]2CC[C@@H](C)[C@@](O)(O2)C(=O)C(=O)N2CCCC[C@H]2C(=O)O[C@H]([C@H](C)C[C@@H]2CC[C@@H](n3cnnn3)[C@H](OC)C2)CC(=O)[C@H](C)/C=C(\C)[C@@H](O)[C@@H](OC)C(=O)[C@H](C)C[C@H](C)/C=C/C=C/C=C/1C. The Morgan fingerprint density at radius 1 is 0.928 bits per heavy atom. The zero-order chi connectivity index (χ0) is 53.1. The van der Waals surface area contributed by atoms with Gasteiger partial charge in [0, 0.05) is 58.4 Å². The first kappa shape index (κ1) is 51.1. The fourth-order valence-corrected chi connectivity index (χ4v) is 10.6. The van der Waals surface area contributed by atoms with Crippen molar-refractivity contribution >= 4 is 29.2 Å².